The van der Waals surface area contributed by atoms with Gasteiger partial charge in [0.05, 0.1) is 18.8 Å². The highest BCUT2D eigenvalue weighted by molar-refractivity contribution is 5.80. The highest BCUT2D eigenvalue weighted by Gasteiger charge is 2.22. The van der Waals surface area contributed by atoms with Crippen molar-refractivity contribution in [1.29, 1.82) is 0 Å². The van der Waals surface area contributed by atoms with Gasteiger partial charge < -0.3 is 20.6 Å². The Hall–Kier alpha value is -1.17. The van der Waals surface area contributed by atoms with Gasteiger partial charge in [-0.2, -0.15) is 0 Å². The summed E-state index contributed by atoms with van der Waals surface area (Å²) < 4.78 is 0. The van der Waals surface area contributed by atoms with E-state index < -0.39 is 24.2 Å². The van der Waals surface area contributed by atoms with E-state index in [4.69, 9.17) is 0 Å². The molecule has 0 aliphatic rings. The van der Waals surface area contributed by atoms with Gasteiger partial charge in [0.2, 0.25) is 5.91 Å². The summed E-state index contributed by atoms with van der Waals surface area (Å²) >= 11 is 0. The maximum Gasteiger partial charge on any atom is 0.249 e. The van der Waals surface area contributed by atoms with Gasteiger partial charge in [0.1, 0.15) is 6.10 Å². The number of hydrogen-bond acceptors (Lipinski definition) is 4. The molecule has 5 heteroatoms. The fourth-order valence-electron chi connectivity index (χ4n) is 8.73. The first-order valence-corrected chi connectivity index (χ1v) is 27.7. The lowest BCUT2D eigenvalue weighted by molar-refractivity contribution is -0.131. The third-order valence-electron chi connectivity index (χ3n) is 13.0. The van der Waals surface area contributed by atoms with Crippen LogP contribution in [-0.4, -0.2) is 46.1 Å². The smallest absolute Gasteiger partial charge is 0.249 e. The van der Waals surface area contributed by atoms with Crippen molar-refractivity contribution in [2.24, 2.45) is 0 Å². The van der Waals surface area contributed by atoms with Gasteiger partial charge in [0.15, 0.2) is 0 Å². The van der Waals surface area contributed by atoms with Crippen molar-refractivity contribution in [2.45, 2.75) is 321 Å². The van der Waals surface area contributed by atoms with Gasteiger partial charge in [-0.05, 0) is 32.1 Å². The molecule has 3 unspecified atom stereocenters. The van der Waals surface area contributed by atoms with E-state index in [-0.39, 0.29) is 6.61 Å². The normalized spacial score (nSPS) is 13.5. The first kappa shape index (κ1) is 59.8. The fourth-order valence-corrected chi connectivity index (χ4v) is 8.73. The second kappa shape index (κ2) is 51.5. The molecule has 0 aliphatic heterocycles. The van der Waals surface area contributed by atoms with Crippen LogP contribution in [0.3, 0.4) is 0 Å². The largest absolute Gasteiger partial charge is 0.394 e. The van der Waals surface area contributed by atoms with Gasteiger partial charge in [-0.15, -0.1) is 0 Å². The molecule has 1 amide bonds. The van der Waals surface area contributed by atoms with Crippen LogP contribution in [-0.2, 0) is 4.79 Å². The molecule has 4 N–H and O–H groups in total. The summed E-state index contributed by atoms with van der Waals surface area (Å²) in [5, 5.41) is 33.3. The zero-order valence-electron chi connectivity index (χ0n) is 41.3. The second-order valence-corrected chi connectivity index (χ2v) is 19.1. The molecular formula is C56H109NO4. The minimum atomic E-state index is -1.10. The van der Waals surface area contributed by atoms with Crippen LogP contribution in [0.1, 0.15) is 303 Å². The van der Waals surface area contributed by atoms with E-state index in [2.05, 4.69) is 31.3 Å². The van der Waals surface area contributed by atoms with Gasteiger partial charge >= 0.3 is 0 Å². The summed E-state index contributed by atoms with van der Waals surface area (Å²) in [5.74, 6) is -0.507. The van der Waals surface area contributed by atoms with E-state index in [1.165, 1.54) is 244 Å². The first-order chi connectivity index (χ1) is 30.1. The maximum absolute atomic E-state index is 12.5. The molecule has 0 fully saturated rings. The van der Waals surface area contributed by atoms with Gasteiger partial charge in [-0.25, -0.2) is 0 Å². The van der Waals surface area contributed by atoms with E-state index >= 15 is 0 Å². The van der Waals surface area contributed by atoms with Crippen LogP contribution in [0.15, 0.2) is 24.3 Å². The van der Waals surface area contributed by atoms with E-state index in [0.717, 1.165) is 38.5 Å². The van der Waals surface area contributed by atoms with Gasteiger partial charge in [-0.1, -0.05) is 295 Å². The van der Waals surface area contributed by atoms with Crippen molar-refractivity contribution in [3.05, 3.63) is 24.3 Å². The van der Waals surface area contributed by atoms with E-state index in [1.807, 2.05) is 6.08 Å². The Morgan fingerprint density at radius 2 is 0.672 bits per heavy atom. The lowest BCUT2D eigenvalue weighted by Crippen LogP contribution is -2.48. The van der Waals surface area contributed by atoms with Crippen molar-refractivity contribution in [2.75, 3.05) is 6.61 Å². The van der Waals surface area contributed by atoms with Crippen LogP contribution in [0, 0.1) is 0 Å². The third kappa shape index (κ3) is 46.6. The predicted molar refractivity (Wildman–Crippen MR) is 268 cm³/mol. The zero-order chi connectivity index (χ0) is 44.4. The summed E-state index contributed by atoms with van der Waals surface area (Å²) in [7, 11) is 0. The number of carbonyl (C=O) groups is 1. The van der Waals surface area contributed by atoms with E-state index in [0.29, 0.717) is 6.42 Å². The van der Waals surface area contributed by atoms with Crippen molar-refractivity contribution in [3.8, 4) is 0 Å². The van der Waals surface area contributed by atoms with Gasteiger partial charge in [0, 0.05) is 0 Å². The molecule has 0 aromatic heterocycles. The number of allylic oxidation sites excluding steroid dienone is 3. The molecule has 362 valence electrons. The minimum Gasteiger partial charge on any atom is -0.394 e. The summed E-state index contributed by atoms with van der Waals surface area (Å²) in [6.45, 7) is 4.21. The Morgan fingerprint density at radius 1 is 0.393 bits per heavy atom. The zero-order valence-corrected chi connectivity index (χ0v) is 41.3. The predicted octanol–water partition coefficient (Wildman–Crippen LogP) is 16.9. The molecule has 0 aromatic rings. The summed E-state index contributed by atoms with van der Waals surface area (Å²) in [6.07, 6.45) is 65.4. The Bertz CT molecular complexity index is 905. The second-order valence-electron chi connectivity index (χ2n) is 19.1. The van der Waals surface area contributed by atoms with Crippen LogP contribution < -0.4 is 5.32 Å². The standard InChI is InChI=1S/C56H109NO4/c1-3-5-7-9-11-13-15-17-19-21-23-24-25-26-27-28-29-30-31-33-35-37-39-41-43-45-47-49-51-55(60)56(61)57-53(52-58)54(59)50-48-46-44-42-40-38-36-34-32-22-20-18-16-14-12-10-8-6-4-2/h40,42,48,50,53-55,58-60H,3-39,41,43-47,49,51-52H2,1-2H3,(H,57,61)/b42-40+,50-48+. The highest BCUT2D eigenvalue weighted by atomic mass is 16.3. The fraction of sp³-hybridized carbons (Fsp3) is 0.911. The number of carbonyl (C=O) groups excluding carboxylic acids is 1. The number of rotatable bonds is 51. The number of hydrogen-bond donors (Lipinski definition) is 4. The first-order valence-electron chi connectivity index (χ1n) is 27.7. The molecule has 61 heavy (non-hydrogen) atoms. The number of aliphatic hydroxyl groups is 3. The molecule has 0 spiro atoms. The molecule has 0 saturated carbocycles. The highest BCUT2D eigenvalue weighted by Crippen LogP contribution is 2.18. The molecule has 0 saturated heterocycles. The van der Waals surface area contributed by atoms with Crippen molar-refractivity contribution >= 4 is 5.91 Å². The molecule has 5 nitrogen and oxygen atoms in total. The number of nitrogens with one attached hydrogen (secondary N) is 1. The van der Waals surface area contributed by atoms with Crippen molar-refractivity contribution in [1.82, 2.24) is 5.32 Å². The molecule has 0 rings (SSSR count). The lowest BCUT2D eigenvalue weighted by Gasteiger charge is -2.21. The molecule has 0 aromatic carbocycles. The van der Waals surface area contributed by atoms with Crippen molar-refractivity contribution < 1.29 is 20.1 Å². The van der Waals surface area contributed by atoms with E-state index in [9.17, 15) is 20.1 Å². The Labute approximate surface area is 382 Å². The number of unbranched alkanes of at least 4 members (excludes halogenated alkanes) is 41. The Morgan fingerprint density at radius 3 is 1.00 bits per heavy atom. The Balaban J connectivity index is 3.56. The minimum absolute atomic E-state index is 0.372. The summed E-state index contributed by atoms with van der Waals surface area (Å²) in [4.78, 5) is 12.5. The van der Waals surface area contributed by atoms with Crippen LogP contribution in [0.5, 0.6) is 0 Å². The lowest BCUT2D eigenvalue weighted by atomic mass is 10.0. The van der Waals surface area contributed by atoms with Crippen LogP contribution >= 0.6 is 0 Å². The quantitative estimate of drug-likeness (QED) is 0.0362. The molecule has 0 aliphatic carbocycles. The summed E-state index contributed by atoms with van der Waals surface area (Å²) in [5.41, 5.74) is 0. The topological polar surface area (TPSA) is 89.8 Å². The molecular weight excluding hydrogens is 751 g/mol. The molecule has 0 heterocycles. The number of aliphatic hydroxyl groups excluding tert-OH is 3. The van der Waals surface area contributed by atoms with Crippen LogP contribution in [0.2, 0.25) is 0 Å². The maximum atomic E-state index is 12.5. The SMILES string of the molecule is CCCCCCCCCCCCCCC/C=C/CC/C=C/C(O)C(CO)NC(=O)C(O)CCCCCCCCCCCCCCCCCCCCCCCCCCCCCC. The van der Waals surface area contributed by atoms with Crippen molar-refractivity contribution in [3.63, 3.8) is 0 Å². The summed E-state index contributed by atoms with van der Waals surface area (Å²) in [6, 6.07) is -0.812. The molecule has 0 bridgehead atoms. The van der Waals surface area contributed by atoms with Crippen LogP contribution in [0.25, 0.3) is 0 Å². The van der Waals surface area contributed by atoms with Crippen LogP contribution in [0.4, 0.5) is 0 Å². The monoisotopic (exact) mass is 860 g/mol. The average Bonchev–Trinajstić information content (AvgIpc) is 3.26. The van der Waals surface area contributed by atoms with Gasteiger partial charge in [0.25, 0.3) is 0 Å². The van der Waals surface area contributed by atoms with Gasteiger partial charge in [-0.3, -0.25) is 4.79 Å². The van der Waals surface area contributed by atoms with E-state index in [1.54, 1.807) is 6.08 Å². The molecule has 0 radical (unpaired) electrons. The average molecular weight is 860 g/mol. The third-order valence-corrected chi connectivity index (χ3v) is 13.0. The Kier molecular flexibility index (Phi) is 50.5. The number of amides is 1. The molecule has 3 atom stereocenters.